The molecule has 1 amide bonds. The summed E-state index contributed by atoms with van der Waals surface area (Å²) in [7, 11) is 1.79. The molecule has 2 aromatic carbocycles. The minimum atomic E-state index is -0.352. The predicted molar refractivity (Wildman–Crippen MR) is 136 cm³/mol. The largest absolute Gasteiger partial charge is 0.488 e. The van der Waals surface area contributed by atoms with E-state index in [0.717, 1.165) is 5.56 Å². The molecule has 1 saturated heterocycles. The second-order valence-electron chi connectivity index (χ2n) is 8.97. The topological polar surface area (TPSA) is 99.4 Å². The normalized spacial score (nSPS) is 13.4. The molecule has 0 aliphatic carbocycles. The zero-order chi connectivity index (χ0) is 26.5. The fourth-order valence-electron chi connectivity index (χ4n) is 4.27. The van der Waals surface area contributed by atoms with Gasteiger partial charge in [0.2, 0.25) is 0 Å². The van der Waals surface area contributed by atoms with E-state index >= 15 is 0 Å². The monoisotopic (exact) mass is 515 g/mol. The van der Waals surface area contributed by atoms with Gasteiger partial charge in [-0.05, 0) is 47.0 Å². The molecule has 1 fully saturated rings. The van der Waals surface area contributed by atoms with E-state index in [-0.39, 0.29) is 36.3 Å². The number of aryl methyl sites for hydroxylation is 1. The van der Waals surface area contributed by atoms with E-state index in [2.05, 4.69) is 15.3 Å². The lowest BCUT2D eigenvalue weighted by atomic mass is 9.94. The number of rotatable bonds is 8. The standard InChI is InChI=1S/C28H26FN5O4/c1-33-17-21(16-32-33)23-13-25(26(35)12-20-6-7-30-31-15-20)27(38-18-19-2-4-22(29)5-3-19)14-24(23)28(36)34-8-10-37-11-9-34/h2-7,13-17H,8-12,18H2,1H3. The van der Waals surface area contributed by atoms with Gasteiger partial charge in [-0.2, -0.15) is 15.3 Å². The molecule has 0 unspecified atom stereocenters. The molecule has 4 aromatic rings. The molecule has 5 rings (SSSR count). The van der Waals surface area contributed by atoms with E-state index in [9.17, 15) is 14.0 Å². The highest BCUT2D eigenvalue weighted by Gasteiger charge is 2.26. The number of hydrogen-bond acceptors (Lipinski definition) is 7. The van der Waals surface area contributed by atoms with Gasteiger partial charge < -0.3 is 14.4 Å². The molecular weight excluding hydrogens is 489 g/mol. The number of benzene rings is 2. The average Bonchev–Trinajstić information content (AvgIpc) is 3.39. The first-order valence-electron chi connectivity index (χ1n) is 12.2. The van der Waals surface area contributed by atoms with E-state index < -0.39 is 0 Å². The number of hydrogen-bond donors (Lipinski definition) is 0. The van der Waals surface area contributed by atoms with Crippen molar-refractivity contribution >= 4 is 11.7 Å². The van der Waals surface area contributed by atoms with Crippen molar-refractivity contribution in [2.45, 2.75) is 13.0 Å². The maximum absolute atomic E-state index is 13.7. The van der Waals surface area contributed by atoms with E-state index in [0.29, 0.717) is 54.1 Å². The third-order valence-corrected chi connectivity index (χ3v) is 6.28. The van der Waals surface area contributed by atoms with Gasteiger partial charge in [0.15, 0.2) is 5.78 Å². The first-order valence-corrected chi connectivity index (χ1v) is 12.2. The maximum atomic E-state index is 13.7. The summed E-state index contributed by atoms with van der Waals surface area (Å²) in [6, 6.07) is 11.0. The highest BCUT2D eigenvalue weighted by atomic mass is 19.1. The van der Waals surface area contributed by atoms with Gasteiger partial charge in [-0.3, -0.25) is 14.3 Å². The van der Waals surface area contributed by atoms with Crippen LogP contribution in [0.2, 0.25) is 0 Å². The molecule has 0 N–H and O–H groups in total. The number of ketones is 1. The summed E-state index contributed by atoms with van der Waals surface area (Å²) in [4.78, 5) is 29.0. The minimum Gasteiger partial charge on any atom is -0.488 e. The van der Waals surface area contributed by atoms with Gasteiger partial charge in [0.1, 0.15) is 18.2 Å². The molecule has 194 valence electrons. The van der Waals surface area contributed by atoms with E-state index in [1.54, 1.807) is 59.4 Å². The number of ether oxygens (including phenoxy) is 2. The molecule has 0 atom stereocenters. The number of morpholine rings is 1. The van der Waals surface area contributed by atoms with Crippen LogP contribution in [0.5, 0.6) is 5.75 Å². The second kappa shape index (κ2) is 11.3. The summed E-state index contributed by atoms with van der Waals surface area (Å²) in [6.45, 7) is 1.94. The maximum Gasteiger partial charge on any atom is 0.254 e. The Labute approximate surface area is 218 Å². The summed E-state index contributed by atoms with van der Waals surface area (Å²) in [5.74, 6) is -0.473. The van der Waals surface area contributed by atoms with Crippen LogP contribution in [0.15, 0.2) is 67.3 Å². The highest BCUT2D eigenvalue weighted by Crippen LogP contribution is 2.33. The molecule has 0 radical (unpaired) electrons. The van der Waals surface area contributed by atoms with Gasteiger partial charge in [-0.1, -0.05) is 12.1 Å². The quantitative estimate of drug-likeness (QED) is 0.331. The Morgan fingerprint density at radius 3 is 2.47 bits per heavy atom. The van der Waals surface area contributed by atoms with Gasteiger partial charge in [0.05, 0.1) is 36.7 Å². The molecule has 38 heavy (non-hydrogen) atoms. The number of nitrogens with zero attached hydrogens (tertiary/aromatic N) is 5. The Bertz CT molecular complexity index is 1430. The number of carbonyl (C=O) groups excluding carboxylic acids is 2. The second-order valence-corrected chi connectivity index (χ2v) is 8.97. The van der Waals surface area contributed by atoms with Gasteiger partial charge in [0, 0.05) is 44.5 Å². The average molecular weight is 516 g/mol. The third-order valence-electron chi connectivity index (χ3n) is 6.28. The molecule has 0 saturated carbocycles. The van der Waals surface area contributed by atoms with E-state index in [1.165, 1.54) is 24.5 Å². The number of halogens is 1. The Morgan fingerprint density at radius 1 is 1.00 bits per heavy atom. The summed E-state index contributed by atoms with van der Waals surface area (Å²) in [5, 5.41) is 11.9. The molecule has 0 bridgehead atoms. The third kappa shape index (κ3) is 5.76. The van der Waals surface area contributed by atoms with Crippen molar-refractivity contribution in [3.63, 3.8) is 0 Å². The van der Waals surface area contributed by atoms with Crippen LogP contribution >= 0.6 is 0 Å². The summed E-state index contributed by atoms with van der Waals surface area (Å²) >= 11 is 0. The Balaban J connectivity index is 1.58. The molecule has 9 nitrogen and oxygen atoms in total. The van der Waals surface area contributed by atoms with Gasteiger partial charge in [0.25, 0.3) is 5.91 Å². The SMILES string of the molecule is Cn1cc(-c2cc(C(=O)Cc3ccnnc3)c(OCc3ccc(F)cc3)cc2C(=O)N2CCOCC2)cn1. The van der Waals surface area contributed by atoms with Crippen molar-refractivity contribution in [1.29, 1.82) is 0 Å². The van der Waals surface area contributed by atoms with Gasteiger partial charge in [-0.15, -0.1) is 0 Å². The molecule has 1 aliphatic rings. The summed E-state index contributed by atoms with van der Waals surface area (Å²) in [5.41, 5.74) is 3.43. The van der Waals surface area contributed by atoms with E-state index in [1.807, 2.05) is 0 Å². The molecule has 2 aromatic heterocycles. The lowest BCUT2D eigenvalue weighted by Crippen LogP contribution is -2.40. The zero-order valence-electron chi connectivity index (χ0n) is 20.8. The van der Waals surface area contributed by atoms with Crippen molar-refractivity contribution in [2.24, 2.45) is 7.05 Å². The summed E-state index contributed by atoms with van der Waals surface area (Å²) < 4.78 is 26.6. The van der Waals surface area contributed by atoms with Crippen LogP contribution in [0, 0.1) is 5.82 Å². The number of Topliss-reactive ketones (excluding diaryl/α,β-unsaturated/α-hetero) is 1. The first kappa shape index (κ1) is 25.2. The molecular formula is C28H26FN5O4. The van der Waals surface area contributed by atoms with Crippen molar-refractivity contribution < 1.29 is 23.5 Å². The van der Waals surface area contributed by atoms with Gasteiger partial charge >= 0.3 is 0 Å². The van der Waals surface area contributed by atoms with Crippen LogP contribution in [0.4, 0.5) is 4.39 Å². The van der Waals surface area contributed by atoms with Crippen LogP contribution in [0.3, 0.4) is 0 Å². The smallest absolute Gasteiger partial charge is 0.254 e. The minimum absolute atomic E-state index is 0.0751. The number of carbonyl (C=O) groups is 2. The van der Waals surface area contributed by atoms with E-state index in [4.69, 9.17) is 9.47 Å². The van der Waals surface area contributed by atoms with Crippen LogP contribution in [0.1, 0.15) is 31.8 Å². The van der Waals surface area contributed by atoms with Crippen LogP contribution < -0.4 is 4.74 Å². The predicted octanol–water partition coefficient (Wildman–Crippen LogP) is 3.49. The Kier molecular flexibility index (Phi) is 7.50. The van der Waals surface area contributed by atoms with Crippen molar-refractivity contribution in [3.8, 4) is 16.9 Å². The zero-order valence-corrected chi connectivity index (χ0v) is 20.8. The molecule has 0 spiro atoms. The molecule has 1 aliphatic heterocycles. The lowest BCUT2D eigenvalue weighted by Gasteiger charge is -2.28. The Hall–Kier alpha value is -4.44. The van der Waals surface area contributed by atoms with Crippen LogP contribution in [-0.2, 0) is 24.8 Å². The molecule has 10 heteroatoms. The first-order chi connectivity index (χ1) is 18.5. The fraction of sp³-hybridized carbons (Fsp3) is 0.250. The fourth-order valence-corrected chi connectivity index (χ4v) is 4.27. The number of aromatic nitrogens is 4. The summed E-state index contributed by atoms with van der Waals surface area (Å²) in [6.07, 6.45) is 6.59. The van der Waals surface area contributed by atoms with Gasteiger partial charge in [-0.25, -0.2) is 4.39 Å². The highest BCUT2D eigenvalue weighted by molar-refractivity contribution is 6.06. The lowest BCUT2D eigenvalue weighted by molar-refractivity contribution is 0.0303. The molecule has 3 heterocycles. The van der Waals surface area contributed by atoms with Crippen molar-refractivity contribution in [1.82, 2.24) is 24.9 Å². The Morgan fingerprint density at radius 2 is 1.79 bits per heavy atom. The van der Waals surface area contributed by atoms with Crippen LogP contribution in [0.25, 0.3) is 11.1 Å². The number of amides is 1. The van der Waals surface area contributed by atoms with Crippen molar-refractivity contribution in [3.05, 3.63) is 95.3 Å². The van der Waals surface area contributed by atoms with Crippen LogP contribution in [-0.4, -0.2) is 62.9 Å². The van der Waals surface area contributed by atoms with Crippen molar-refractivity contribution in [2.75, 3.05) is 26.3 Å².